The molecule has 0 unspecified atom stereocenters. The Bertz CT molecular complexity index is 1150. The van der Waals surface area contributed by atoms with Crippen LogP contribution in [0, 0.1) is 10.8 Å². The molecule has 0 spiro atoms. The number of carbonyl (C=O) groups is 1. The summed E-state index contributed by atoms with van der Waals surface area (Å²) in [6, 6.07) is 8.79. The van der Waals surface area contributed by atoms with E-state index in [1.807, 2.05) is 65.8 Å². The largest absolute Gasteiger partial charge is 0.289 e. The number of halogens is 3. The molecule has 0 radical (unpaired) electrons. The summed E-state index contributed by atoms with van der Waals surface area (Å²) >= 11 is 19.9. The summed E-state index contributed by atoms with van der Waals surface area (Å²) in [6.07, 6.45) is 3.84. The van der Waals surface area contributed by atoms with E-state index in [2.05, 4.69) is 10.2 Å². The van der Waals surface area contributed by atoms with Gasteiger partial charge in [-0.05, 0) is 53.3 Å². The number of Topliss-reactive ketones (excluding diaryl/α,β-unsaturated/α-hetero) is 1. The minimum absolute atomic E-state index is 0.0648. The second-order valence-corrected chi connectivity index (χ2v) is 12.2. The van der Waals surface area contributed by atoms with Gasteiger partial charge in [-0.25, -0.2) is 0 Å². The fourth-order valence-corrected chi connectivity index (χ4v) is 4.73. The van der Waals surface area contributed by atoms with Gasteiger partial charge in [0.15, 0.2) is 5.78 Å². The number of ketones is 1. The van der Waals surface area contributed by atoms with E-state index in [-0.39, 0.29) is 16.6 Å². The molecule has 2 aromatic rings. The first kappa shape index (κ1) is 24.9. The molecule has 1 aromatic heterocycles. The SMILES string of the molecule is CC(C)(C)C1=CC(=C(N=Nc2ccc(Cl)cc2Cl)c2ccc(Cl)s2)C=C(C(C)(C)C)C1=O. The molecule has 1 aromatic carbocycles. The van der Waals surface area contributed by atoms with Gasteiger partial charge in [-0.15, -0.1) is 21.6 Å². The fourth-order valence-electron chi connectivity index (χ4n) is 3.24. The lowest BCUT2D eigenvalue weighted by Crippen LogP contribution is -2.28. The molecule has 1 aliphatic carbocycles. The standard InChI is InChI=1S/C25H25Cl3N2OS/c1-24(2,3)16-11-14(12-17(23(16)31)25(4,5)6)22(20-9-10-21(28)32-20)30-29-19-8-7-15(26)13-18(19)27/h7-13H,1-6H3. The van der Waals surface area contributed by atoms with Crippen LogP contribution in [0.4, 0.5) is 5.69 Å². The Morgan fingerprint density at radius 2 is 1.47 bits per heavy atom. The summed E-state index contributed by atoms with van der Waals surface area (Å²) in [5, 5.41) is 9.91. The fraction of sp³-hybridized carbons (Fsp3) is 0.320. The predicted molar refractivity (Wildman–Crippen MR) is 137 cm³/mol. The van der Waals surface area contributed by atoms with Crippen LogP contribution in [-0.4, -0.2) is 5.78 Å². The number of hydrogen-bond donors (Lipinski definition) is 0. The molecule has 0 amide bonds. The lowest BCUT2D eigenvalue weighted by molar-refractivity contribution is -0.114. The Hall–Kier alpha value is -1.72. The van der Waals surface area contributed by atoms with Crippen LogP contribution in [0.25, 0.3) is 5.70 Å². The van der Waals surface area contributed by atoms with Gasteiger partial charge in [0.2, 0.25) is 0 Å². The highest BCUT2D eigenvalue weighted by Gasteiger charge is 2.34. The maximum absolute atomic E-state index is 13.3. The quantitative estimate of drug-likeness (QED) is 0.381. The van der Waals surface area contributed by atoms with E-state index in [1.54, 1.807) is 18.2 Å². The molecule has 168 valence electrons. The second kappa shape index (κ2) is 9.26. The zero-order valence-electron chi connectivity index (χ0n) is 18.9. The van der Waals surface area contributed by atoms with Gasteiger partial charge < -0.3 is 0 Å². The van der Waals surface area contributed by atoms with Crippen LogP contribution in [-0.2, 0) is 4.79 Å². The highest BCUT2D eigenvalue weighted by atomic mass is 35.5. The molecule has 0 saturated heterocycles. The van der Waals surface area contributed by atoms with Crippen molar-refractivity contribution >= 4 is 63.3 Å². The van der Waals surface area contributed by atoms with Crippen LogP contribution in [0.1, 0.15) is 46.4 Å². The second-order valence-electron chi connectivity index (χ2n) is 9.65. The summed E-state index contributed by atoms with van der Waals surface area (Å²) in [6.45, 7) is 12.2. The van der Waals surface area contributed by atoms with E-state index < -0.39 is 0 Å². The van der Waals surface area contributed by atoms with Crippen LogP contribution in [0.15, 0.2) is 69.4 Å². The monoisotopic (exact) mass is 506 g/mol. The molecule has 3 nitrogen and oxygen atoms in total. The number of benzene rings is 1. The minimum atomic E-state index is -0.331. The van der Waals surface area contributed by atoms with E-state index >= 15 is 0 Å². The van der Waals surface area contributed by atoms with E-state index in [0.717, 1.165) is 21.6 Å². The van der Waals surface area contributed by atoms with E-state index in [9.17, 15) is 4.79 Å². The zero-order valence-corrected chi connectivity index (χ0v) is 22.0. The van der Waals surface area contributed by atoms with Crippen molar-refractivity contribution in [2.45, 2.75) is 41.5 Å². The maximum Gasteiger partial charge on any atom is 0.186 e. The number of azo groups is 1. The van der Waals surface area contributed by atoms with Crippen LogP contribution in [0.2, 0.25) is 14.4 Å². The van der Waals surface area contributed by atoms with Crippen molar-refractivity contribution in [1.29, 1.82) is 0 Å². The Balaban J connectivity index is 2.28. The Kier molecular flexibility index (Phi) is 7.21. The summed E-state index contributed by atoms with van der Waals surface area (Å²) in [5.41, 5.74) is 2.75. The van der Waals surface area contributed by atoms with Gasteiger partial charge >= 0.3 is 0 Å². The third-order valence-electron chi connectivity index (χ3n) is 4.95. The molecular weight excluding hydrogens is 483 g/mol. The molecule has 3 rings (SSSR count). The smallest absolute Gasteiger partial charge is 0.186 e. The number of carbonyl (C=O) groups excluding carboxylic acids is 1. The van der Waals surface area contributed by atoms with Crippen LogP contribution in [0.3, 0.4) is 0 Å². The normalized spacial score (nSPS) is 15.3. The Labute approximate surface area is 208 Å². The first-order valence-corrected chi connectivity index (χ1v) is 12.1. The lowest BCUT2D eigenvalue weighted by atomic mass is 9.71. The highest BCUT2D eigenvalue weighted by Crippen LogP contribution is 2.42. The number of hydrogen-bond acceptors (Lipinski definition) is 4. The number of rotatable bonds is 3. The Morgan fingerprint density at radius 3 is 1.94 bits per heavy atom. The average molecular weight is 508 g/mol. The lowest BCUT2D eigenvalue weighted by Gasteiger charge is -2.31. The van der Waals surface area contributed by atoms with Gasteiger partial charge in [0.1, 0.15) is 11.4 Å². The van der Waals surface area contributed by atoms with E-state index in [0.29, 0.717) is 25.8 Å². The van der Waals surface area contributed by atoms with Crippen molar-refractivity contribution in [2.24, 2.45) is 21.1 Å². The molecule has 0 bridgehead atoms. The van der Waals surface area contributed by atoms with Gasteiger partial charge in [-0.1, -0.05) is 76.3 Å². The summed E-state index contributed by atoms with van der Waals surface area (Å²) in [4.78, 5) is 14.2. The van der Waals surface area contributed by atoms with Crippen molar-refractivity contribution < 1.29 is 4.79 Å². The minimum Gasteiger partial charge on any atom is -0.289 e. The molecule has 0 saturated carbocycles. The number of nitrogens with zero attached hydrogens (tertiary/aromatic N) is 2. The van der Waals surface area contributed by atoms with Crippen molar-refractivity contribution in [3.63, 3.8) is 0 Å². The molecule has 0 fully saturated rings. The van der Waals surface area contributed by atoms with Gasteiger partial charge in [-0.2, -0.15) is 0 Å². The molecule has 32 heavy (non-hydrogen) atoms. The summed E-state index contributed by atoms with van der Waals surface area (Å²) in [5.74, 6) is 0.0648. The summed E-state index contributed by atoms with van der Waals surface area (Å²) in [7, 11) is 0. The Morgan fingerprint density at radius 1 is 0.875 bits per heavy atom. The number of allylic oxidation sites excluding steroid dienone is 5. The third kappa shape index (κ3) is 5.60. The topological polar surface area (TPSA) is 41.8 Å². The van der Waals surface area contributed by atoms with Crippen molar-refractivity contribution in [3.05, 3.63) is 78.5 Å². The maximum atomic E-state index is 13.3. The first-order valence-electron chi connectivity index (χ1n) is 10.1. The molecular formula is C25H25Cl3N2OS. The molecule has 7 heteroatoms. The molecule has 1 aliphatic rings. The zero-order chi connectivity index (χ0) is 23.8. The number of thiophene rings is 1. The van der Waals surface area contributed by atoms with E-state index in [1.165, 1.54) is 11.3 Å². The van der Waals surface area contributed by atoms with Crippen LogP contribution in [0.5, 0.6) is 0 Å². The van der Waals surface area contributed by atoms with Crippen LogP contribution < -0.4 is 0 Å². The molecule has 0 N–H and O–H groups in total. The van der Waals surface area contributed by atoms with Crippen molar-refractivity contribution in [3.8, 4) is 0 Å². The van der Waals surface area contributed by atoms with Gasteiger partial charge in [0.05, 0.1) is 14.2 Å². The van der Waals surface area contributed by atoms with Crippen molar-refractivity contribution in [2.75, 3.05) is 0 Å². The first-order chi connectivity index (χ1) is 14.8. The van der Waals surface area contributed by atoms with Gasteiger partial charge in [0, 0.05) is 21.7 Å². The van der Waals surface area contributed by atoms with Gasteiger partial charge in [-0.3, -0.25) is 4.79 Å². The highest BCUT2D eigenvalue weighted by molar-refractivity contribution is 7.17. The third-order valence-corrected chi connectivity index (χ3v) is 6.73. The van der Waals surface area contributed by atoms with Gasteiger partial charge in [0.25, 0.3) is 0 Å². The molecule has 0 aliphatic heterocycles. The predicted octanol–water partition coefficient (Wildman–Crippen LogP) is 9.73. The summed E-state index contributed by atoms with van der Waals surface area (Å²) < 4.78 is 0.643. The van der Waals surface area contributed by atoms with Crippen molar-refractivity contribution in [1.82, 2.24) is 0 Å². The molecule has 1 heterocycles. The average Bonchev–Trinajstić information content (AvgIpc) is 3.08. The van der Waals surface area contributed by atoms with E-state index in [4.69, 9.17) is 34.8 Å². The van der Waals surface area contributed by atoms with Crippen LogP contribution >= 0.6 is 46.1 Å². The molecule has 0 atom stereocenters.